The first kappa shape index (κ1) is 9.85. The molecule has 0 atom stereocenters. The van der Waals surface area contributed by atoms with E-state index in [1.54, 1.807) is 18.2 Å². The number of hydrogen-bond acceptors (Lipinski definition) is 3. The zero-order chi connectivity index (χ0) is 9.84. The molecule has 1 rings (SSSR count). The molecule has 1 aromatic rings. The van der Waals surface area contributed by atoms with Crippen LogP contribution in [0, 0.1) is 0 Å². The number of hydrogen-bond donors (Lipinski definition) is 2. The van der Waals surface area contributed by atoms with Gasteiger partial charge in [-0.05, 0) is 28.1 Å². The van der Waals surface area contributed by atoms with Crippen LogP contribution in [0.1, 0.15) is 0 Å². The second-order valence-electron chi connectivity index (χ2n) is 2.41. The minimum absolute atomic E-state index is 0.151. The maximum atomic E-state index is 10.4. The number of benzene rings is 1. The predicted octanol–water partition coefficient (Wildman–Crippen LogP) is 0.895. The first-order valence-corrected chi connectivity index (χ1v) is 4.35. The maximum absolute atomic E-state index is 10.4. The zero-order valence-electron chi connectivity index (χ0n) is 6.79. The number of rotatable bonds is 3. The van der Waals surface area contributed by atoms with Gasteiger partial charge in [0.05, 0.1) is 4.47 Å². The molecule has 70 valence electrons. The van der Waals surface area contributed by atoms with Crippen molar-refractivity contribution in [1.82, 2.24) is 0 Å². The molecule has 0 fully saturated rings. The van der Waals surface area contributed by atoms with Crippen LogP contribution >= 0.6 is 15.9 Å². The van der Waals surface area contributed by atoms with E-state index in [1.807, 2.05) is 0 Å². The van der Waals surface area contributed by atoms with Gasteiger partial charge in [-0.15, -0.1) is 0 Å². The average Bonchev–Trinajstić information content (AvgIpc) is 2.07. The summed E-state index contributed by atoms with van der Waals surface area (Å²) in [5.74, 6) is -0.00637. The standard InChI is InChI=1S/C8H9BrN2O2/c9-8-5(10)2-1-3-6(8)13-4-7(11)12/h1-3H,4,10H2,(H2,11,12). The van der Waals surface area contributed by atoms with Gasteiger partial charge >= 0.3 is 0 Å². The Labute approximate surface area is 84.0 Å². The van der Waals surface area contributed by atoms with Crippen molar-refractivity contribution in [2.24, 2.45) is 5.73 Å². The molecule has 4 nitrogen and oxygen atoms in total. The molecule has 0 aliphatic carbocycles. The van der Waals surface area contributed by atoms with E-state index in [0.29, 0.717) is 15.9 Å². The Morgan fingerprint density at radius 2 is 2.23 bits per heavy atom. The molecule has 0 radical (unpaired) electrons. The Hall–Kier alpha value is -1.23. The molecule has 0 aromatic heterocycles. The maximum Gasteiger partial charge on any atom is 0.255 e. The second kappa shape index (κ2) is 4.13. The third-order valence-corrected chi connectivity index (χ3v) is 2.21. The lowest BCUT2D eigenvalue weighted by atomic mass is 10.3. The van der Waals surface area contributed by atoms with E-state index in [9.17, 15) is 4.79 Å². The van der Waals surface area contributed by atoms with Gasteiger partial charge in [0.15, 0.2) is 6.61 Å². The van der Waals surface area contributed by atoms with Crippen LogP contribution in [0.3, 0.4) is 0 Å². The molecule has 0 bridgehead atoms. The van der Waals surface area contributed by atoms with E-state index >= 15 is 0 Å². The van der Waals surface area contributed by atoms with E-state index in [2.05, 4.69) is 15.9 Å². The fourth-order valence-electron chi connectivity index (χ4n) is 0.788. The highest BCUT2D eigenvalue weighted by Gasteiger charge is 2.04. The summed E-state index contributed by atoms with van der Waals surface area (Å²) < 4.78 is 5.71. The van der Waals surface area contributed by atoms with Crippen LogP contribution in [-0.4, -0.2) is 12.5 Å². The van der Waals surface area contributed by atoms with E-state index in [0.717, 1.165) is 0 Å². The van der Waals surface area contributed by atoms with Gasteiger partial charge in [-0.25, -0.2) is 0 Å². The highest BCUT2D eigenvalue weighted by molar-refractivity contribution is 9.10. The highest BCUT2D eigenvalue weighted by Crippen LogP contribution is 2.29. The number of carbonyl (C=O) groups excluding carboxylic acids is 1. The topological polar surface area (TPSA) is 78.3 Å². The van der Waals surface area contributed by atoms with Gasteiger partial charge in [-0.3, -0.25) is 4.79 Å². The molecule has 0 heterocycles. The fraction of sp³-hybridized carbons (Fsp3) is 0.125. The molecule has 0 unspecified atom stereocenters. The predicted molar refractivity (Wildman–Crippen MR) is 53.2 cm³/mol. The van der Waals surface area contributed by atoms with Gasteiger partial charge in [0, 0.05) is 5.69 Å². The summed E-state index contributed by atoms with van der Waals surface area (Å²) >= 11 is 3.23. The first-order valence-electron chi connectivity index (χ1n) is 3.56. The Morgan fingerprint density at radius 3 is 2.85 bits per heavy atom. The fourth-order valence-corrected chi connectivity index (χ4v) is 1.17. The molecule has 5 heteroatoms. The Balaban J connectivity index is 2.77. The summed E-state index contributed by atoms with van der Waals surface area (Å²) in [6.45, 7) is -0.151. The van der Waals surface area contributed by atoms with E-state index in [4.69, 9.17) is 16.2 Å². The van der Waals surface area contributed by atoms with Gasteiger partial charge < -0.3 is 16.2 Å². The molecule has 0 aliphatic heterocycles. The summed E-state index contributed by atoms with van der Waals surface area (Å²) in [5, 5.41) is 0. The molecule has 0 spiro atoms. The van der Waals surface area contributed by atoms with Crippen molar-refractivity contribution in [2.45, 2.75) is 0 Å². The lowest BCUT2D eigenvalue weighted by molar-refractivity contribution is -0.119. The number of ether oxygens (including phenoxy) is 1. The average molecular weight is 245 g/mol. The number of anilines is 1. The van der Waals surface area contributed by atoms with Crippen molar-refractivity contribution in [3.05, 3.63) is 22.7 Å². The van der Waals surface area contributed by atoms with Crippen molar-refractivity contribution in [3.63, 3.8) is 0 Å². The zero-order valence-corrected chi connectivity index (χ0v) is 8.37. The Morgan fingerprint density at radius 1 is 1.54 bits per heavy atom. The minimum atomic E-state index is -0.519. The van der Waals surface area contributed by atoms with Crippen LogP contribution in [0.15, 0.2) is 22.7 Å². The van der Waals surface area contributed by atoms with Gasteiger partial charge in [-0.1, -0.05) is 6.07 Å². The number of amides is 1. The summed E-state index contributed by atoms with van der Waals surface area (Å²) in [6, 6.07) is 5.15. The third-order valence-electron chi connectivity index (χ3n) is 1.36. The first-order chi connectivity index (χ1) is 6.11. The number of nitrogen functional groups attached to an aromatic ring is 1. The molecular weight excluding hydrogens is 236 g/mol. The quantitative estimate of drug-likeness (QED) is 0.776. The smallest absolute Gasteiger partial charge is 0.255 e. The largest absolute Gasteiger partial charge is 0.483 e. The van der Waals surface area contributed by atoms with Crippen LogP contribution in [0.5, 0.6) is 5.75 Å². The molecule has 4 N–H and O–H groups in total. The van der Waals surface area contributed by atoms with Crippen LogP contribution in [0.2, 0.25) is 0 Å². The van der Waals surface area contributed by atoms with E-state index in [-0.39, 0.29) is 6.61 Å². The second-order valence-corrected chi connectivity index (χ2v) is 3.21. The third kappa shape index (κ3) is 2.62. The van der Waals surface area contributed by atoms with Crippen molar-refractivity contribution < 1.29 is 9.53 Å². The van der Waals surface area contributed by atoms with Crippen LogP contribution in [-0.2, 0) is 4.79 Å². The molecular formula is C8H9BrN2O2. The SMILES string of the molecule is NC(=O)COc1cccc(N)c1Br. The molecule has 0 aliphatic rings. The van der Waals surface area contributed by atoms with Crippen LogP contribution < -0.4 is 16.2 Å². The highest BCUT2D eigenvalue weighted by atomic mass is 79.9. The summed E-state index contributed by atoms with van der Waals surface area (Å²) in [5.41, 5.74) is 11.1. The molecule has 1 amide bonds. The van der Waals surface area contributed by atoms with Gasteiger partial charge in [0.25, 0.3) is 5.91 Å². The minimum Gasteiger partial charge on any atom is -0.483 e. The number of nitrogens with two attached hydrogens (primary N) is 2. The summed E-state index contributed by atoms with van der Waals surface area (Å²) in [7, 11) is 0. The normalized spacial score (nSPS) is 9.62. The lowest BCUT2D eigenvalue weighted by Crippen LogP contribution is -2.20. The lowest BCUT2D eigenvalue weighted by Gasteiger charge is -2.07. The number of carbonyl (C=O) groups is 1. The molecule has 0 saturated heterocycles. The molecule has 0 saturated carbocycles. The molecule has 13 heavy (non-hydrogen) atoms. The van der Waals surface area contributed by atoms with Gasteiger partial charge in [-0.2, -0.15) is 0 Å². The van der Waals surface area contributed by atoms with Gasteiger partial charge in [0.1, 0.15) is 5.75 Å². The van der Waals surface area contributed by atoms with Crippen molar-refractivity contribution in [2.75, 3.05) is 12.3 Å². The van der Waals surface area contributed by atoms with Crippen molar-refractivity contribution in [1.29, 1.82) is 0 Å². The van der Waals surface area contributed by atoms with Crippen LogP contribution in [0.4, 0.5) is 5.69 Å². The summed E-state index contributed by atoms with van der Waals surface area (Å²) in [6.07, 6.45) is 0. The molecule has 1 aromatic carbocycles. The van der Waals surface area contributed by atoms with Crippen molar-refractivity contribution >= 4 is 27.5 Å². The monoisotopic (exact) mass is 244 g/mol. The summed E-state index contributed by atoms with van der Waals surface area (Å²) in [4.78, 5) is 10.4. The van der Waals surface area contributed by atoms with E-state index in [1.165, 1.54) is 0 Å². The van der Waals surface area contributed by atoms with Crippen molar-refractivity contribution in [3.8, 4) is 5.75 Å². The van der Waals surface area contributed by atoms with Gasteiger partial charge in [0.2, 0.25) is 0 Å². The number of primary amides is 1. The Kier molecular flexibility index (Phi) is 3.13. The van der Waals surface area contributed by atoms with Crippen LogP contribution in [0.25, 0.3) is 0 Å². The Bertz CT molecular complexity index is 328. The van der Waals surface area contributed by atoms with E-state index < -0.39 is 5.91 Å². The number of halogens is 1.